The van der Waals surface area contributed by atoms with Gasteiger partial charge >= 0.3 is 18.1 Å². The number of carboxylic acid groups (broad SMARTS) is 2. The van der Waals surface area contributed by atoms with Crippen molar-refractivity contribution >= 4 is 17.8 Å². The molecule has 0 radical (unpaired) electrons. The fraction of sp³-hybridized carbons (Fsp3) is 0.357. The lowest BCUT2D eigenvalue weighted by molar-refractivity contribution is -0.142. The van der Waals surface area contributed by atoms with Crippen LogP contribution in [0.1, 0.15) is 17.5 Å². The highest BCUT2D eigenvalue weighted by atomic mass is 19.4. The summed E-state index contributed by atoms with van der Waals surface area (Å²) in [6.45, 7) is 0. The highest BCUT2D eigenvalue weighted by Gasteiger charge is 2.34. The van der Waals surface area contributed by atoms with Crippen LogP contribution in [0.25, 0.3) is 0 Å². The maximum Gasteiger partial charge on any atom is 0.419 e. The van der Waals surface area contributed by atoms with Gasteiger partial charge in [-0.25, -0.2) is 4.79 Å². The van der Waals surface area contributed by atoms with Crippen molar-refractivity contribution < 1.29 is 42.9 Å². The summed E-state index contributed by atoms with van der Waals surface area (Å²) in [5, 5.41) is 28.8. The topological polar surface area (TPSA) is 150 Å². The van der Waals surface area contributed by atoms with E-state index in [0.717, 1.165) is 12.1 Å². The average Bonchev–Trinajstić information content (AvgIpc) is 2.46. The number of aromatic hydroxyl groups is 1. The summed E-state index contributed by atoms with van der Waals surface area (Å²) >= 11 is 0. The Labute approximate surface area is 139 Å². The van der Waals surface area contributed by atoms with E-state index in [9.17, 15) is 32.7 Å². The first-order chi connectivity index (χ1) is 11.4. The van der Waals surface area contributed by atoms with Gasteiger partial charge in [0.15, 0.2) is 0 Å². The van der Waals surface area contributed by atoms with Crippen LogP contribution in [0.15, 0.2) is 18.2 Å². The molecule has 25 heavy (non-hydrogen) atoms. The number of carboxylic acids is 2. The molecule has 1 aromatic carbocycles. The molecule has 138 valence electrons. The number of alkyl halides is 3. The van der Waals surface area contributed by atoms with Gasteiger partial charge < -0.3 is 26.4 Å². The first-order valence-corrected chi connectivity index (χ1v) is 6.81. The molecular weight excluding hydrogens is 349 g/mol. The van der Waals surface area contributed by atoms with Crippen LogP contribution in [0.4, 0.5) is 13.2 Å². The smallest absolute Gasteiger partial charge is 0.419 e. The van der Waals surface area contributed by atoms with E-state index < -0.39 is 60.3 Å². The Morgan fingerprint density at radius 2 is 1.80 bits per heavy atom. The first-order valence-electron chi connectivity index (χ1n) is 6.81. The predicted octanol–water partition coefficient (Wildman–Crippen LogP) is 0.325. The van der Waals surface area contributed by atoms with E-state index in [1.54, 1.807) is 0 Å². The van der Waals surface area contributed by atoms with Gasteiger partial charge in [0.1, 0.15) is 11.8 Å². The quantitative estimate of drug-likeness (QED) is 0.468. The second-order valence-electron chi connectivity index (χ2n) is 5.16. The summed E-state index contributed by atoms with van der Waals surface area (Å²) in [5.41, 5.74) is 3.84. The van der Waals surface area contributed by atoms with Gasteiger partial charge in [-0.15, -0.1) is 0 Å². The number of phenolic OH excluding ortho intramolecular Hbond substituents is 1. The molecule has 11 heteroatoms. The molecule has 0 aliphatic carbocycles. The normalized spacial score (nSPS) is 13.8. The number of benzene rings is 1. The maximum atomic E-state index is 12.7. The summed E-state index contributed by atoms with van der Waals surface area (Å²) < 4.78 is 38.2. The summed E-state index contributed by atoms with van der Waals surface area (Å²) in [5.74, 6) is -5.00. The van der Waals surface area contributed by atoms with Crippen LogP contribution in [0.5, 0.6) is 5.75 Å². The van der Waals surface area contributed by atoms with Crippen LogP contribution in [0.3, 0.4) is 0 Å². The van der Waals surface area contributed by atoms with Gasteiger partial charge in [0.2, 0.25) is 5.91 Å². The SMILES string of the molecule is N[C@@H](CC(=O)O)C(=O)N[C@@H](Cc1ccc(O)c(C(F)(F)F)c1)C(=O)O. The standard InChI is InChI=1S/C14H15F3N2O6/c15-14(16,17)7-3-6(1-2-10(7)20)4-9(13(24)25)19-12(23)8(18)5-11(21)22/h1-3,8-9,20H,4-5,18H2,(H,19,23)(H,21,22)(H,24,25)/t8-,9-/m0/s1. The highest BCUT2D eigenvalue weighted by Crippen LogP contribution is 2.36. The molecule has 1 amide bonds. The molecule has 0 spiro atoms. The Hall–Kier alpha value is -2.82. The molecule has 0 saturated heterocycles. The van der Waals surface area contributed by atoms with Crippen LogP contribution in [0.2, 0.25) is 0 Å². The molecule has 0 bridgehead atoms. The zero-order chi connectivity index (χ0) is 19.4. The van der Waals surface area contributed by atoms with Crippen molar-refractivity contribution in [3.05, 3.63) is 29.3 Å². The zero-order valence-electron chi connectivity index (χ0n) is 12.6. The van der Waals surface area contributed by atoms with E-state index in [4.69, 9.17) is 15.9 Å². The second kappa shape index (κ2) is 7.83. The minimum atomic E-state index is -4.84. The van der Waals surface area contributed by atoms with E-state index in [1.165, 1.54) is 0 Å². The summed E-state index contributed by atoms with van der Waals surface area (Å²) in [6.07, 6.45) is -6.11. The summed E-state index contributed by atoms with van der Waals surface area (Å²) in [6, 6.07) is -0.740. The fourth-order valence-corrected chi connectivity index (χ4v) is 1.93. The third-order valence-electron chi connectivity index (χ3n) is 3.15. The number of carbonyl (C=O) groups excluding carboxylic acids is 1. The molecule has 6 N–H and O–H groups in total. The number of nitrogens with one attached hydrogen (secondary N) is 1. The third kappa shape index (κ3) is 5.95. The van der Waals surface area contributed by atoms with E-state index in [2.05, 4.69) is 0 Å². The molecular formula is C14H15F3N2O6. The molecule has 0 unspecified atom stereocenters. The lowest BCUT2D eigenvalue weighted by Gasteiger charge is -2.18. The van der Waals surface area contributed by atoms with Crippen molar-refractivity contribution in [3.8, 4) is 5.75 Å². The first kappa shape index (κ1) is 20.2. The van der Waals surface area contributed by atoms with Crippen molar-refractivity contribution in [2.75, 3.05) is 0 Å². The van der Waals surface area contributed by atoms with Crippen molar-refractivity contribution in [3.63, 3.8) is 0 Å². The van der Waals surface area contributed by atoms with E-state index >= 15 is 0 Å². The van der Waals surface area contributed by atoms with Gasteiger partial charge in [-0.1, -0.05) is 6.07 Å². The van der Waals surface area contributed by atoms with Crippen molar-refractivity contribution in [1.29, 1.82) is 0 Å². The number of halogens is 3. The Morgan fingerprint density at radius 1 is 1.20 bits per heavy atom. The average molecular weight is 364 g/mol. The van der Waals surface area contributed by atoms with E-state index in [0.29, 0.717) is 6.07 Å². The predicted molar refractivity (Wildman–Crippen MR) is 76.6 cm³/mol. The number of rotatable bonds is 7. The number of amides is 1. The number of phenols is 1. The van der Waals surface area contributed by atoms with Crippen molar-refractivity contribution in [1.82, 2.24) is 5.32 Å². The molecule has 0 saturated carbocycles. The number of aliphatic carboxylic acids is 2. The minimum absolute atomic E-state index is 0.107. The summed E-state index contributed by atoms with van der Waals surface area (Å²) in [7, 11) is 0. The molecule has 0 heterocycles. The monoisotopic (exact) mass is 364 g/mol. The van der Waals surface area contributed by atoms with Crippen LogP contribution >= 0.6 is 0 Å². The van der Waals surface area contributed by atoms with Crippen LogP contribution in [-0.2, 0) is 27.0 Å². The lowest BCUT2D eigenvalue weighted by Crippen LogP contribution is -2.49. The Balaban J connectivity index is 2.94. The van der Waals surface area contributed by atoms with Crippen molar-refractivity contribution in [2.24, 2.45) is 5.73 Å². The third-order valence-corrected chi connectivity index (χ3v) is 3.15. The van der Waals surface area contributed by atoms with Gasteiger partial charge in [0.25, 0.3) is 0 Å². The number of nitrogens with two attached hydrogens (primary N) is 1. The molecule has 0 aliphatic rings. The Kier molecular flexibility index (Phi) is 6.34. The zero-order valence-corrected chi connectivity index (χ0v) is 12.6. The van der Waals surface area contributed by atoms with Gasteiger partial charge in [0.05, 0.1) is 18.0 Å². The largest absolute Gasteiger partial charge is 0.507 e. The van der Waals surface area contributed by atoms with Crippen LogP contribution < -0.4 is 11.1 Å². The number of carbonyl (C=O) groups is 3. The number of hydrogen-bond donors (Lipinski definition) is 5. The Bertz CT molecular complexity index is 677. The molecule has 0 aromatic heterocycles. The van der Waals surface area contributed by atoms with Gasteiger partial charge in [-0.2, -0.15) is 13.2 Å². The second-order valence-corrected chi connectivity index (χ2v) is 5.16. The Morgan fingerprint density at radius 3 is 2.28 bits per heavy atom. The van der Waals surface area contributed by atoms with Gasteiger partial charge in [0, 0.05) is 6.42 Å². The molecule has 8 nitrogen and oxygen atoms in total. The minimum Gasteiger partial charge on any atom is -0.507 e. The maximum absolute atomic E-state index is 12.7. The summed E-state index contributed by atoms with van der Waals surface area (Å²) in [4.78, 5) is 33.4. The van der Waals surface area contributed by atoms with Crippen LogP contribution in [0, 0.1) is 0 Å². The highest BCUT2D eigenvalue weighted by molar-refractivity contribution is 5.89. The van der Waals surface area contributed by atoms with Gasteiger partial charge in [-0.05, 0) is 17.7 Å². The molecule has 0 fully saturated rings. The lowest BCUT2D eigenvalue weighted by atomic mass is 10.0. The molecule has 0 aliphatic heterocycles. The van der Waals surface area contributed by atoms with E-state index in [-0.39, 0.29) is 5.56 Å². The van der Waals surface area contributed by atoms with E-state index in [1.807, 2.05) is 5.32 Å². The molecule has 1 rings (SSSR count). The molecule has 2 atom stereocenters. The van der Waals surface area contributed by atoms with Crippen LogP contribution in [-0.4, -0.2) is 45.2 Å². The van der Waals surface area contributed by atoms with Gasteiger partial charge in [-0.3, -0.25) is 9.59 Å². The fourth-order valence-electron chi connectivity index (χ4n) is 1.93. The molecule has 1 aromatic rings. The van der Waals surface area contributed by atoms with Crippen molar-refractivity contribution in [2.45, 2.75) is 31.1 Å². The number of hydrogen-bond acceptors (Lipinski definition) is 5.